The molecule has 1 aromatic rings. The molecule has 1 unspecified atom stereocenters. The summed E-state index contributed by atoms with van der Waals surface area (Å²) in [5, 5.41) is 0. The first-order chi connectivity index (χ1) is 9.11. The van der Waals surface area contributed by atoms with Crippen molar-refractivity contribution in [2.24, 2.45) is 5.92 Å². The molecule has 0 bridgehead atoms. The molecule has 1 aromatic carbocycles. The summed E-state index contributed by atoms with van der Waals surface area (Å²) in [5.41, 5.74) is 1.81. The predicted molar refractivity (Wildman–Crippen MR) is 76.9 cm³/mol. The molecule has 0 radical (unpaired) electrons. The van der Waals surface area contributed by atoms with Crippen LogP contribution in [0, 0.1) is 12.8 Å². The molecule has 0 saturated carbocycles. The van der Waals surface area contributed by atoms with E-state index in [1.165, 1.54) is 12.8 Å². The summed E-state index contributed by atoms with van der Waals surface area (Å²) in [6.45, 7) is 7.13. The summed E-state index contributed by atoms with van der Waals surface area (Å²) in [6, 6.07) is 5.79. The summed E-state index contributed by atoms with van der Waals surface area (Å²) >= 11 is 0. The van der Waals surface area contributed by atoms with Crippen LogP contribution in [0.4, 0.5) is 0 Å². The van der Waals surface area contributed by atoms with E-state index in [4.69, 9.17) is 4.74 Å². The number of methoxy groups -OCH3 is 1. The molecule has 1 aliphatic heterocycles. The number of likely N-dealkylation sites (tertiary alicyclic amines) is 1. The lowest BCUT2D eigenvalue weighted by atomic mass is 9.96. The highest BCUT2D eigenvalue weighted by atomic mass is 16.5. The van der Waals surface area contributed by atoms with Crippen molar-refractivity contribution in [3.05, 3.63) is 29.3 Å². The lowest BCUT2D eigenvalue weighted by Crippen LogP contribution is -2.29. The van der Waals surface area contributed by atoms with Crippen LogP contribution in [0.2, 0.25) is 0 Å². The second-order valence-corrected chi connectivity index (χ2v) is 5.48. The van der Waals surface area contributed by atoms with Gasteiger partial charge in [-0.3, -0.25) is 4.79 Å². The van der Waals surface area contributed by atoms with Crippen molar-refractivity contribution in [3.63, 3.8) is 0 Å². The average molecular weight is 261 g/mol. The van der Waals surface area contributed by atoms with E-state index in [0.29, 0.717) is 11.3 Å². The van der Waals surface area contributed by atoms with Crippen LogP contribution in [0.15, 0.2) is 18.2 Å². The van der Waals surface area contributed by atoms with Gasteiger partial charge in [0.15, 0.2) is 5.78 Å². The van der Waals surface area contributed by atoms with Crippen LogP contribution in [0.25, 0.3) is 0 Å². The summed E-state index contributed by atoms with van der Waals surface area (Å²) in [6.07, 6.45) is 2.52. The molecule has 1 aliphatic rings. The fourth-order valence-electron chi connectivity index (χ4n) is 2.72. The van der Waals surface area contributed by atoms with E-state index in [1.54, 1.807) is 7.11 Å². The number of hydrogen-bond donors (Lipinski definition) is 0. The number of ether oxygens (including phenoxy) is 1. The zero-order valence-corrected chi connectivity index (χ0v) is 12.1. The van der Waals surface area contributed by atoms with E-state index >= 15 is 0 Å². The number of hydrogen-bond acceptors (Lipinski definition) is 3. The number of aryl methyl sites for hydroxylation is 1. The van der Waals surface area contributed by atoms with Gasteiger partial charge in [-0.25, -0.2) is 0 Å². The quantitative estimate of drug-likeness (QED) is 0.763. The van der Waals surface area contributed by atoms with Crippen molar-refractivity contribution in [2.75, 3.05) is 26.7 Å². The van der Waals surface area contributed by atoms with E-state index in [-0.39, 0.29) is 11.7 Å². The molecule has 1 saturated heterocycles. The Balaban J connectivity index is 2.11. The Morgan fingerprint density at radius 2 is 2.05 bits per heavy atom. The molecule has 0 aliphatic carbocycles. The zero-order valence-electron chi connectivity index (χ0n) is 12.1. The maximum Gasteiger partial charge on any atom is 0.170 e. The Morgan fingerprint density at radius 1 is 1.37 bits per heavy atom. The van der Waals surface area contributed by atoms with Gasteiger partial charge >= 0.3 is 0 Å². The third-order valence-corrected chi connectivity index (χ3v) is 3.80. The van der Waals surface area contributed by atoms with Gasteiger partial charge in [-0.2, -0.15) is 0 Å². The number of ketones is 1. The topological polar surface area (TPSA) is 29.5 Å². The first kappa shape index (κ1) is 14.1. The zero-order chi connectivity index (χ0) is 13.8. The molecule has 1 heterocycles. The number of benzene rings is 1. The largest absolute Gasteiger partial charge is 0.496 e. The summed E-state index contributed by atoms with van der Waals surface area (Å²) in [4.78, 5) is 14.9. The first-order valence-electron chi connectivity index (χ1n) is 7.03. The van der Waals surface area contributed by atoms with Gasteiger partial charge in [0.25, 0.3) is 0 Å². The van der Waals surface area contributed by atoms with Gasteiger partial charge in [-0.15, -0.1) is 0 Å². The van der Waals surface area contributed by atoms with Gasteiger partial charge in [0, 0.05) is 12.5 Å². The highest BCUT2D eigenvalue weighted by Gasteiger charge is 2.23. The van der Waals surface area contributed by atoms with Crippen LogP contribution in [0.5, 0.6) is 5.75 Å². The molecule has 0 spiro atoms. The predicted octanol–water partition coefficient (Wildman–Crippen LogP) is 2.92. The van der Waals surface area contributed by atoms with Crippen molar-refractivity contribution in [3.8, 4) is 5.75 Å². The average Bonchev–Trinajstić information content (AvgIpc) is 2.90. The minimum Gasteiger partial charge on any atom is -0.496 e. The second kappa shape index (κ2) is 6.20. The molecule has 2 rings (SSSR count). The molecule has 1 atom stereocenters. The minimum absolute atomic E-state index is 0.0220. The number of Topliss-reactive ketones (excluding diaryl/α,β-unsaturated/α-hetero) is 1. The highest BCUT2D eigenvalue weighted by molar-refractivity contribution is 6.00. The molecular formula is C16H23NO2. The van der Waals surface area contributed by atoms with Crippen LogP contribution in [0.3, 0.4) is 0 Å². The Hall–Kier alpha value is -1.35. The molecule has 3 heteroatoms. The Bertz CT molecular complexity index is 450. The first-order valence-corrected chi connectivity index (χ1v) is 7.03. The summed E-state index contributed by atoms with van der Waals surface area (Å²) in [5.74, 6) is 0.894. The Kier molecular flexibility index (Phi) is 4.59. The molecule has 0 aromatic heterocycles. The summed E-state index contributed by atoms with van der Waals surface area (Å²) < 4.78 is 5.31. The smallest absolute Gasteiger partial charge is 0.170 e. The fourth-order valence-corrected chi connectivity index (χ4v) is 2.72. The number of carbonyl (C=O) groups is 1. The van der Waals surface area contributed by atoms with Gasteiger partial charge in [-0.05, 0) is 45.0 Å². The molecule has 1 fully saturated rings. The maximum atomic E-state index is 12.6. The van der Waals surface area contributed by atoms with Crippen molar-refractivity contribution in [1.82, 2.24) is 4.90 Å². The normalized spacial score (nSPS) is 17.4. The minimum atomic E-state index is 0.0220. The van der Waals surface area contributed by atoms with Gasteiger partial charge in [0.1, 0.15) is 5.75 Å². The molecular weight excluding hydrogens is 238 g/mol. The van der Waals surface area contributed by atoms with Gasteiger partial charge in [0.2, 0.25) is 0 Å². The van der Waals surface area contributed by atoms with E-state index in [9.17, 15) is 4.79 Å². The Labute approximate surface area is 115 Å². The van der Waals surface area contributed by atoms with Crippen molar-refractivity contribution < 1.29 is 9.53 Å². The van der Waals surface area contributed by atoms with Crippen LogP contribution < -0.4 is 4.74 Å². The SMILES string of the molecule is COc1ccc(C)cc1C(=O)C(C)CN1CCCC1. The lowest BCUT2D eigenvalue weighted by molar-refractivity contribution is 0.0899. The standard InChI is InChI=1S/C16H23NO2/c1-12-6-7-15(19-3)14(10-12)16(18)13(2)11-17-8-4-5-9-17/h6-7,10,13H,4-5,8-9,11H2,1-3H3. The van der Waals surface area contributed by atoms with Crippen molar-refractivity contribution >= 4 is 5.78 Å². The fraction of sp³-hybridized carbons (Fsp3) is 0.562. The van der Waals surface area contributed by atoms with Gasteiger partial charge in [-0.1, -0.05) is 18.6 Å². The number of carbonyl (C=O) groups excluding carboxylic acids is 1. The van der Waals surface area contributed by atoms with Gasteiger partial charge in [0.05, 0.1) is 12.7 Å². The number of rotatable bonds is 5. The molecule has 3 nitrogen and oxygen atoms in total. The third kappa shape index (κ3) is 3.35. The monoisotopic (exact) mass is 261 g/mol. The second-order valence-electron chi connectivity index (χ2n) is 5.48. The van der Waals surface area contributed by atoms with E-state index in [0.717, 1.165) is 25.2 Å². The van der Waals surface area contributed by atoms with Crippen molar-refractivity contribution in [1.29, 1.82) is 0 Å². The van der Waals surface area contributed by atoms with E-state index in [1.807, 2.05) is 32.0 Å². The third-order valence-electron chi connectivity index (χ3n) is 3.80. The van der Waals surface area contributed by atoms with E-state index < -0.39 is 0 Å². The number of nitrogens with zero attached hydrogens (tertiary/aromatic N) is 1. The van der Waals surface area contributed by atoms with Crippen molar-refractivity contribution in [2.45, 2.75) is 26.7 Å². The van der Waals surface area contributed by atoms with Crippen LogP contribution >= 0.6 is 0 Å². The van der Waals surface area contributed by atoms with Crippen LogP contribution in [0.1, 0.15) is 35.7 Å². The summed E-state index contributed by atoms with van der Waals surface area (Å²) in [7, 11) is 1.62. The van der Waals surface area contributed by atoms with E-state index in [2.05, 4.69) is 4.90 Å². The maximum absolute atomic E-state index is 12.6. The Morgan fingerprint density at radius 3 is 2.68 bits per heavy atom. The molecule has 19 heavy (non-hydrogen) atoms. The van der Waals surface area contributed by atoms with Crippen LogP contribution in [-0.4, -0.2) is 37.4 Å². The van der Waals surface area contributed by atoms with Crippen LogP contribution in [-0.2, 0) is 0 Å². The highest BCUT2D eigenvalue weighted by Crippen LogP contribution is 2.23. The lowest BCUT2D eigenvalue weighted by Gasteiger charge is -2.20. The van der Waals surface area contributed by atoms with Gasteiger partial charge < -0.3 is 9.64 Å². The molecule has 104 valence electrons. The molecule has 0 N–H and O–H groups in total. The molecule has 0 amide bonds.